The average Bonchev–Trinajstić information content (AvgIpc) is 2.21. The van der Waals surface area contributed by atoms with Crippen molar-refractivity contribution in [3.8, 4) is 6.07 Å². The predicted molar refractivity (Wildman–Crippen MR) is 69.3 cm³/mol. The van der Waals surface area contributed by atoms with Crippen LogP contribution in [0.1, 0.15) is 47.0 Å². The Kier molecular flexibility index (Phi) is 9.27. The molecule has 0 saturated heterocycles. The molecule has 0 fully saturated rings. The van der Waals surface area contributed by atoms with Crippen molar-refractivity contribution in [1.82, 2.24) is 10.2 Å². The average molecular weight is 225 g/mol. The van der Waals surface area contributed by atoms with E-state index in [4.69, 9.17) is 5.26 Å². The number of unbranched alkanes of at least 4 members (excludes halogenated alkanes) is 2. The Morgan fingerprint density at radius 2 is 1.69 bits per heavy atom. The zero-order valence-electron chi connectivity index (χ0n) is 11.3. The second-order valence-corrected chi connectivity index (χ2v) is 4.79. The summed E-state index contributed by atoms with van der Waals surface area (Å²) in [5, 5.41) is 11.8. The van der Waals surface area contributed by atoms with E-state index in [9.17, 15) is 0 Å². The maximum atomic E-state index is 8.39. The van der Waals surface area contributed by atoms with Crippen LogP contribution in [0.15, 0.2) is 0 Å². The van der Waals surface area contributed by atoms with Crippen LogP contribution in [0.4, 0.5) is 0 Å². The molecule has 0 spiro atoms. The van der Waals surface area contributed by atoms with Gasteiger partial charge in [-0.25, -0.2) is 0 Å². The summed E-state index contributed by atoms with van der Waals surface area (Å²) in [5.74, 6) is 0. The molecule has 0 aromatic rings. The first kappa shape index (κ1) is 15.4. The first-order valence-corrected chi connectivity index (χ1v) is 6.43. The highest BCUT2D eigenvalue weighted by Gasteiger charge is 2.11. The minimum absolute atomic E-state index is 0.611. The van der Waals surface area contributed by atoms with Crippen molar-refractivity contribution < 1.29 is 0 Å². The molecular formula is C13H27N3. The van der Waals surface area contributed by atoms with Crippen LogP contribution in [-0.4, -0.2) is 36.6 Å². The molecular weight excluding hydrogens is 198 g/mol. The second kappa shape index (κ2) is 9.62. The zero-order valence-corrected chi connectivity index (χ0v) is 11.3. The Hall–Kier alpha value is -0.590. The molecule has 0 aliphatic heterocycles. The van der Waals surface area contributed by atoms with Gasteiger partial charge >= 0.3 is 0 Å². The standard InChI is InChI=1S/C13H27N3/c1-12(2)16(13(3)4)11-10-15-9-7-5-6-8-14/h12-13,15H,5-7,9-11H2,1-4H3. The van der Waals surface area contributed by atoms with Gasteiger partial charge in [0.2, 0.25) is 0 Å². The summed E-state index contributed by atoms with van der Waals surface area (Å²) in [7, 11) is 0. The van der Waals surface area contributed by atoms with Crippen molar-refractivity contribution in [3.05, 3.63) is 0 Å². The molecule has 1 N–H and O–H groups in total. The van der Waals surface area contributed by atoms with E-state index in [2.05, 4.69) is 44.0 Å². The molecule has 0 saturated carbocycles. The molecule has 3 heteroatoms. The second-order valence-electron chi connectivity index (χ2n) is 4.79. The summed E-state index contributed by atoms with van der Waals surface area (Å²) in [4.78, 5) is 2.49. The third-order valence-electron chi connectivity index (χ3n) is 2.77. The lowest BCUT2D eigenvalue weighted by Crippen LogP contribution is -2.41. The largest absolute Gasteiger partial charge is 0.315 e. The number of rotatable bonds is 9. The van der Waals surface area contributed by atoms with Gasteiger partial charge in [0.25, 0.3) is 0 Å². The van der Waals surface area contributed by atoms with Crippen LogP contribution in [0, 0.1) is 11.3 Å². The number of nitrogens with one attached hydrogen (secondary N) is 1. The van der Waals surface area contributed by atoms with Crippen LogP contribution < -0.4 is 5.32 Å². The van der Waals surface area contributed by atoms with E-state index in [1.807, 2.05) is 0 Å². The van der Waals surface area contributed by atoms with E-state index < -0.39 is 0 Å². The van der Waals surface area contributed by atoms with E-state index in [0.717, 1.165) is 32.5 Å². The maximum Gasteiger partial charge on any atom is 0.0621 e. The Morgan fingerprint density at radius 3 is 2.19 bits per heavy atom. The lowest BCUT2D eigenvalue weighted by molar-refractivity contribution is 0.176. The summed E-state index contributed by atoms with van der Waals surface area (Å²) < 4.78 is 0. The predicted octanol–water partition coefficient (Wildman–Crippen LogP) is 2.39. The smallest absolute Gasteiger partial charge is 0.0621 e. The fourth-order valence-corrected chi connectivity index (χ4v) is 1.90. The van der Waals surface area contributed by atoms with E-state index >= 15 is 0 Å². The van der Waals surface area contributed by atoms with E-state index in [1.54, 1.807) is 0 Å². The van der Waals surface area contributed by atoms with Crippen LogP contribution in [0.5, 0.6) is 0 Å². The molecule has 0 aromatic carbocycles. The zero-order chi connectivity index (χ0) is 12.4. The molecule has 0 rings (SSSR count). The van der Waals surface area contributed by atoms with Gasteiger partial charge in [0.05, 0.1) is 6.07 Å². The van der Waals surface area contributed by atoms with Crippen molar-refractivity contribution in [1.29, 1.82) is 5.26 Å². The van der Waals surface area contributed by atoms with E-state index in [1.165, 1.54) is 0 Å². The monoisotopic (exact) mass is 225 g/mol. The van der Waals surface area contributed by atoms with Crippen LogP contribution in [0.2, 0.25) is 0 Å². The summed E-state index contributed by atoms with van der Waals surface area (Å²) in [6.45, 7) is 12.2. The Morgan fingerprint density at radius 1 is 1.06 bits per heavy atom. The van der Waals surface area contributed by atoms with Gasteiger partial charge in [-0.05, 0) is 47.1 Å². The van der Waals surface area contributed by atoms with Crippen LogP contribution in [-0.2, 0) is 0 Å². The van der Waals surface area contributed by atoms with Crippen LogP contribution >= 0.6 is 0 Å². The van der Waals surface area contributed by atoms with Gasteiger partial charge in [0.15, 0.2) is 0 Å². The third kappa shape index (κ3) is 7.67. The summed E-state index contributed by atoms with van der Waals surface area (Å²) >= 11 is 0. The number of nitriles is 1. The SMILES string of the molecule is CC(C)N(CCNCCCCC#N)C(C)C. The van der Waals surface area contributed by atoms with Gasteiger partial charge in [-0.2, -0.15) is 5.26 Å². The molecule has 0 unspecified atom stereocenters. The number of hydrogen-bond acceptors (Lipinski definition) is 3. The van der Waals surface area contributed by atoms with Crippen molar-refractivity contribution in [3.63, 3.8) is 0 Å². The van der Waals surface area contributed by atoms with Gasteiger partial charge in [-0.3, -0.25) is 4.90 Å². The highest BCUT2D eigenvalue weighted by Crippen LogP contribution is 2.03. The molecule has 0 aliphatic carbocycles. The Bertz CT molecular complexity index is 186. The fourth-order valence-electron chi connectivity index (χ4n) is 1.90. The molecule has 0 aromatic heterocycles. The van der Waals surface area contributed by atoms with E-state index in [0.29, 0.717) is 18.5 Å². The number of nitrogens with zero attached hydrogens (tertiary/aromatic N) is 2. The highest BCUT2D eigenvalue weighted by molar-refractivity contribution is 4.70. The van der Waals surface area contributed by atoms with E-state index in [-0.39, 0.29) is 0 Å². The van der Waals surface area contributed by atoms with Crippen molar-refractivity contribution >= 4 is 0 Å². The first-order chi connectivity index (χ1) is 7.59. The lowest BCUT2D eigenvalue weighted by atomic mass is 10.2. The topological polar surface area (TPSA) is 39.1 Å². The molecule has 0 aliphatic rings. The van der Waals surface area contributed by atoms with Crippen molar-refractivity contribution in [2.75, 3.05) is 19.6 Å². The van der Waals surface area contributed by atoms with Gasteiger partial charge in [0, 0.05) is 31.6 Å². The molecule has 0 bridgehead atoms. The Balaban J connectivity index is 3.45. The maximum absolute atomic E-state index is 8.39. The fraction of sp³-hybridized carbons (Fsp3) is 0.923. The van der Waals surface area contributed by atoms with Crippen LogP contribution in [0.25, 0.3) is 0 Å². The van der Waals surface area contributed by atoms with Crippen LogP contribution in [0.3, 0.4) is 0 Å². The van der Waals surface area contributed by atoms with Gasteiger partial charge in [0.1, 0.15) is 0 Å². The van der Waals surface area contributed by atoms with Crippen molar-refractivity contribution in [2.45, 2.75) is 59.0 Å². The normalized spacial score (nSPS) is 11.4. The summed E-state index contributed by atoms with van der Waals surface area (Å²) in [5.41, 5.74) is 0. The minimum Gasteiger partial charge on any atom is -0.315 e. The Labute approximate surface area is 101 Å². The highest BCUT2D eigenvalue weighted by atomic mass is 15.2. The molecule has 0 atom stereocenters. The van der Waals surface area contributed by atoms with Gasteiger partial charge < -0.3 is 5.32 Å². The quantitative estimate of drug-likeness (QED) is 0.612. The van der Waals surface area contributed by atoms with Gasteiger partial charge in [-0.1, -0.05) is 0 Å². The van der Waals surface area contributed by atoms with Gasteiger partial charge in [-0.15, -0.1) is 0 Å². The third-order valence-corrected chi connectivity index (χ3v) is 2.77. The first-order valence-electron chi connectivity index (χ1n) is 6.43. The van der Waals surface area contributed by atoms with Crippen molar-refractivity contribution in [2.24, 2.45) is 0 Å². The molecule has 3 nitrogen and oxygen atoms in total. The summed E-state index contributed by atoms with van der Waals surface area (Å²) in [6, 6.07) is 3.39. The minimum atomic E-state index is 0.611. The molecule has 0 amide bonds. The summed E-state index contributed by atoms with van der Waals surface area (Å²) in [6.07, 6.45) is 2.81. The molecule has 94 valence electrons. The molecule has 0 radical (unpaired) electrons. The molecule has 16 heavy (non-hydrogen) atoms. The number of hydrogen-bond donors (Lipinski definition) is 1. The molecule has 0 heterocycles. The lowest BCUT2D eigenvalue weighted by Gasteiger charge is -2.30.